The van der Waals surface area contributed by atoms with E-state index in [1.54, 1.807) is 0 Å². The van der Waals surface area contributed by atoms with Crippen LogP contribution < -0.4 is 5.73 Å². The Morgan fingerprint density at radius 1 is 0.900 bits per heavy atom. The van der Waals surface area contributed by atoms with Crippen LogP contribution in [0.3, 0.4) is 0 Å². The van der Waals surface area contributed by atoms with Crippen LogP contribution in [0, 0.1) is 5.82 Å². The molecule has 0 bridgehead atoms. The fourth-order valence-corrected chi connectivity index (χ4v) is 2.68. The zero-order valence-corrected chi connectivity index (χ0v) is 11.4. The molecule has 0 aliphatic carbocycles. The molecule has 1 nitrogen and oxygen atoms in total. The van der Waals surface area contributed by atoms with Gasteiger partial charge in [-0.05, 0) is 40.1 Å². The fourth-order valence-electron chi connectivity index (χ4n) is 2.44. The van der Waals surface area contributed by atoms with Gasteiger partial charge in [-0.1, -0.05) is 54.1 Å². The van der Waals surface area contributed by atoms with Crippen molar-refractivity contribution in [1.29, 1.82) is 0 Å². The molecular weight excluding hydrogens is 273 g/mol. The van der Waals surface area contributed by atoms with Crippen molar-refractivity contribution < 1.29 is 4.39 Å². The maximum absolute atomic E-state index is 13.4. The minimum absolute atomic E-state index is 0.333. The van der Waals surface area contributed by atoms with Crippen LogP contribution in [-0.4, -0.2) is 0 Å². The Morgan fingerprint density at radius 3 is 2.50 bits per heavy atom. The molecule has 2 N–H and O–H groups in total. The predicted octanol–water partition coefficient (Wildman–Crippen LogP) is 4.68. The molecule has 0 aliphatic rings. The first kappa shape index (κ1) is 13.1. The van der Waals surface area contributed by atoms with Crippen LogP contribution in [0.2, 0.25) is 5.02 Å². The highest BCUT2D eigenvalue weighted by Crippen LogP contribution is 2.31. The predicted molar refractivity (Wildman–Crippen MR) is 81.4 cm³/mol. The SMILES string of the molecule is NC(c1cc(F)ccc1Cl)c1cccc2ccccc12. The molecule has 3 aromatic rings. The van der Waals surface area contributed by atoms with E-state index in [0.717, 1.165) is 16.3 Å². The first-order valence-electron chi connectivity index (χ1n) is 6.35. The summed E-state index contributed by atoms with van der Waals surface area (Å²) in [6.07, 6.45) is 0. The summed E-state index contributed by atoms with van der Waals surface area (Å²) in [5.41, 5.74) is 7.84. The Morgan fingerprint density at radius 2 is 1.65 bits per heavy atom. The number of nitrogens with two attached hydrogens (primary N) is 1. The molecule has 3 heteroatoms. The molecule has 0 amide bonds. The Bertz CT molecular complexity index is 765. The molecule has 0 spiro atoms. The molecule has 20 heavy (non-hydrogen) atoms. The topological polar surface area (TPSA) is 26.0 Å². The quantitative estimate of drug-likeness (QED) is 0.727. The van der Waals surface area contributed by atoms with Gasteiger partial charge < -0.3 is 5.73 Å². The van der Waals surface area contributed by atoms with Gasteiger partial charge in [-0.3, -0.25) is 0 Å². The van der Waals surface area contributed by atoms with Gasteiger partial charge in [-0.15, -0.1) is 0 Å². The lowest BCUT2D eigenvalue weighted by atomic mass is 9.94. The fraction of sp³-hybridized carbons (Fsp3) is 0.0588. The lowest BCUT2D eigenvalue weighted by Gasteiger charge is -2.16. The van der Waals surface area contributed by atoms with Crippen LogP contribution in [0.15, 0.2) is 60.7 Å². The van der Waals surface area contributed by atoms with Crippen LogP contribution in [0.1, 0.15) is 17.2 Å². The third kappa shape index (κ3) is 2.28. The summed E-state index contributed by atoms with van der Waals surface area (Å²) >= 11 is 6.15. The van der Waals surface area contributed by atoms with Gasteiger partial charge in [-0.25, -0.2) is 4.39 Å². The van der Waals surface area contributed by atoms with Crippen molar-refractivity contribution in [2.45, 2.75) is 6.04 Å². The highest BCUT2D eigenvalue weighted by molar-refractivity contribution is 6.31. The number of hydrogen-bond donors (Lipinski definition) is 1. The van der Waals surface area contributed by atoms with E-state index in [-0.39, 0.29) is 5.82 Å². The van der Waals surface area contributed by atoms with Crippen LogP contribution in [0.25, 0.3) is 10.8 Å². The molecule has 3 rings (SSSR count). The number of benzene rings is 3. The zero-order valence-electron chi connectivity index (χ0n) is 10.7. The first-order valence-corrected chi connectivity index (χ1v) is 6.73. The summed E-state index contributed by atoms with van der Waals surface area (Å²) in [6.45, 7) is 0. The van der Waals surface area contributed by atoms with Crippen LogP contribution in [-0.2, 0) is 0 Å². The Hall–Kier alpha value is -1.90. The Kier molecular flexibility index (Phi) is 3.43. The van der Waals surface area contributed by atoms with E-state index in [0.29, 0.717) is 10.6 Å². The van der Waals surface area contributed by atoms with Crippen molar-refractivity contribution >= 4 is 22.4 Å². The number of fused-ring (bicyclic) bond motifs is 1. The molecule has 0 aromatic heterocycles. The molecule has 0 fully saturated rings. The molecule has 0 heterocycles. The largest absolute Gasteiger partial charge is 0.320 e. The van der Waals surface area contributed by atoms with E-state index in [9.17, 15) is 4.39 Å². The van der Waals surface area contributed by atoms with Gasteiger partial charge >= 0.3 is 0 Å². The maximum Gasteiger partial charge on any atom is 0.123 e. The van der Waals surface area contributed by atoms with Gasteiger partial charge in [-0.2, -0.15) is 0 Å². The third-order valence-electron chi connectivity index (χ3n) is 3.45. The first-order chi connectivity index (χ1) is 9.66. The van der Waals surface area contributed by atoms with Crippen molar-refractivity contribution in [1.82, 2.24) is 0 Å². The van der Waals surface area contributed by atoms with Crippen molar-refractivity contribution in [2.24, 2.45) is 5.73 Å². The standard InChI is InChI=1S/C17H13ClFN/c18-16-9-8-12(19)10-15(16)17(20)14-7-3-5-11-4-1-2-6-13(11)14/h1-10,17H,20H2. The second-order valence-electron chi connectivity index (χ2n) is 4.71. The molecule has 0 radical (unpaired) electrons. The zero-order chi connectivity index (χ0) is 14.1. The normalized spacial score (nSPS) is 12.6. The molecule has 3 aromatic carbocycles. The number of hydrogen-bond acceptors (Lipinski definition) is 1. The van der Waals surface area contributed by atoms with Crippen molar-refractivity contribution in [3.8, 4) is 0 Å². The highest BCUT2D eigenvalue weighted by atomic mass is 35.5. The Labute approximate surface area is 121 Å². The second kappa shape index (κ2) is 5.23. The van der Waals surface area contributed by atoms with Gasteiger partial charge in [0.1, 0.15) is 5.82 Å². The highest BCUT2D eigenvalue weighted by Gasteiger charge is 2.15. The number of rotatable bonds is 2. The van der Waals surface area contributed by atoms with Crippen LogP contribution in [0.4, 0.5) is 4.39 Å². The van der Waals surface area contributed by atoms with E-state index in [1.807, 2.05) is 42.5 Å². The molecule has 0 saturated heterocycles. The van der Waals surface area contributed by atoms with E-state index in [1.165, 1.54) is 18.2 Å². The summed E-state index contributed by atoms with van der Waals surface area (Å²) < 4.78 is 13.4. The second-order valence-corrected chi connectivity index (χ2v) is 5.12. The molecule has 1 atom stereocenters. The van der Waals surface area contributed by atoms with Crippen molar-refractivity contribution in [3.63, 3.8) is 0 Å². The minimum atomic E-state index is -0.454. The summed E-state index contributed by atoms with van der Waals surface area (Å²) in [5, 5.41) is 2.64. The van der Waals surface area contributed by atoms with E-state index < -0.39 is 6.04 Å². The molecule has 1 unspecified atom stereocenters. The van der Waals surface area contributed by atoms with E-state index in [4.69, 9.17) is 17.3 Å². The van der Waals surface area contributed by atoms with Gasteiger partial charge in [0.15, 0.2) is 0 Å². The smallest absolute Gasteiger partial charge is 0.123 e. The van der Waals surface area contributed by atoms with Gasteiger partial charge in [0.05, 0.1) is 6.04 Å². The average molecular weight is 286 g/mol. The van der Waals surface area contributed by atoms with Crippen LogP contribution in [0.5, 0.6) is 0 Å². The minimum Gasteiger partial charge on any atom is -0.320 e. The molecule has 100 valence electrons. The molecule has 0 aliphatic heterocycles. The summed E-state index contributed by atoms with van der Waals surface area (Å²) in [5.74, 6) is -0.333. The maximum atomic E-state index is 13.4. The lowest BCUT2D eigenvalue weighted by Crippen LogP contribution is -2.13. The average Bonchev–Trinajstić information content (AvgIpc) is 2.48. The van der Waals surface area contributed by atoms with Gasteiger partial charge in [0.25, 0.3) is 0 Å². The summed E-state index contributed by atoms with van der Waals surface area (Å²) in [7, 11) is 0. The molecule has 0 saturated carbocycles. The van der Waals surface area contributed by atoms with Crippen molar-refractivity contribution in [2.75, 3.05) is 0 Å². The monoisotopic (exact) mass is 285 g/mol. The summed E-state index contributed by atoms with van der Waals surface area (Å²) in [4.78, 5) is 0. The lowest BCUT2D eigenvalue weighted by molar-refractivity contribution is 0.624. The van der Waals surface area contributed by atoms with Gasteiger partial charge in [0, 0.05) is 5.02 Å². The van der Waals surface area contributed by atoms with Crippen molar-refractivity contribution in [3.05, 3.63) is 82.6 Å². The van der Waals surface area contributed by atoms with Crippen LogP contribution >= 0.6 is 11.6 Å². The van der Waals surface area contributed by atoms with E-state index >= 15 is 0 Å². The summed E-state index contributed by atoms with van der Waals surface area (Å²) in [6, 6.07) is 17.7. The number of halogens is 2. The van der Waals surface area contributed by atoms with E-state index in [2.05, 4.69) is 0 Å². The third-order valence-corrected chi connectivity index (χ3v) is 3.80. The van der Waals surface area contributed by atoms with Gasteiger partial charge in [0.2, 0.25) is 0 Å². The molecular formula is C17H13ClFN. The Balaban J connectivity index is 2.17.